The summed E-state index contributed by atoms with van der Waals surface area (Å²) in [7, 11) is 1.86. The molecule has 0 radical (unpaired) electrons. The van der Waals surface area contributed by atoms with Gasteiger partial charge in [0.2, 0.25) is 5.89 Å². The molecule has 1 atom stereocenters. The lowest BCUT2D eigenvalue weighted by atomic mass is 10.1. The molecule has 0 saturated heterocycles. The van der Waals surface area contributed by atoms with E-state index in [1.165, 1.54) is 12.8 Å². The molecule has 2 aromatic heterocycles. The van der Waals surface area contributed by atoms with Gasteiger partial charge in [-0.2, -0.15) is 10.1 Å². The number of nitrogens with two attached hydrogens (primary N) is 1. The van der Waals surface area contributed by atoms with Crippen LogP contribution in [0.3, 0.4) is 0 Å². The van der Waals surface area contributed by atoms with E-state index in [2.05, 4.69) is 15.2 Å². The van der Waals surface area contributed by atoms with Crippen LogP contribution in [0.2, 0.25) is 0 Å². The summed E-state index contributed by atoms with van der Waals surface area (Å²) in [6.45, 7) is 0. The van der Waals surface area contributed by atoms with Crippen LogP contribution in [-0.2, 0) is 7.05 Å². The summed E-state index contributed by atoms with van der Waals surface area (Å²) < 4.78 is 6.99. The van der Waals surface area contributed by atoms with Crippen LogP contribution in [0.1, 0.15) is 54.9 Å². The van der Waals surface area contributed by atoms with Gasteiger partial charge in [-0.25, -0.2) is 0 Å². The van der Waals surface area contributed by atoms with Crippen molar-refractivity contribution in [2.24, 2.45) is 12.8 Å². The number of rotatable bonds is 3. The van der Waals surface area contributed by atoms with Gasteiger partial charge >= 0.3 is 0 Å². The third-order valence-corrected chi connectivity index (χ3v) is 3.53. The molecule has 0 aromatic carbocycles. The zero-order valence-corrected chi connectivity index (χ0v) is 10.4. The summed E-state index contributed by atoms with van der Waals surface area (Å²) in [6.07, 6.45) is 8.41. The Morgan fingerprint density at radius 1 is 1.44 bits per heavy atom. The standard InChI is InChI=1S/C12H17N5O/c1-17-7-9(6-14-17)10(13)12-15-11(16-18-12)8-4-2-3-5-8/h6-8,10H,2-5,13H2,1H3. The van der Waals surface area contributed by atoms with Gasteiger partial charge in [0.25, 0.3) is 0 Å². The molecule has 6 heteroatoms. The van der Waals surface area contributed by atoms with E-state index in [1.54, 1.807) is 10.9 Å². The summed E-state index contributed by atoms with van der Waals surface area (Å²) >= 11 is 0. The van der Waals surface area contributed by atoms with Crippen molar-refractivity contribution in [3.8, 4) is 0 Å². The lowest BCUT2D eigenvalue weighted by Gasteiger charge is -2.02. The second-order valence-corrected chi connectivity index (χ2v) is 4.90. The summed E-state index contributed by atoms with van der Waals surface area (Å²) in [6, 6.07) is -0.388. The smallest absolute Gasteiger partial charge is 0.248 e. The lowest BCUT2D eigenvalue weighted by Crippen LogP contribution is -2.11. The first kappa shape index (κ1) is 11.4. The second-order valence-electron chi connectivity index (χ2n) is 4.90. The fraction of sp³-hybridized carbons (Fsp3) is 0.583. The maximum Gasteiger partial charge on any atom is 0.248 e. The summed E-state index contributed by atoms with van der Waals surface area (Å²) in [5, 5.41) is 8.15. The maximum atomic E-state index is 6.09. The molecule has 96 valence electrons. The highest BCUT2D eigenvalue weighted by molar-refractivity contribution is 5.17. The van der Waals surface area contributed by atoms with Gasteiger partial charge in [-0.05, 0) is 12.8 Å². The van der Waals surface area contributed by atoms with E-state index < -0.39 is 0 Å². The Bertz CT molecular complexity index is 526. The SMILES string of the molecule is Cn1cc(C(N)c2nc(C3CCCC3)no2)cn1. The molecule has 0 amide bonds. The van der Waals surface area contributed by atoms with Gasteiger partial charge in [0.05, 0.1) is 6.20 Å². The largest absolute Gasteiger partial charge is 0.337 e. The van der Waals surface area contributed by atoms with Crippen molar-refractivity contribution >= 4 is 0 Å². The Morgan fingerprint density at radius 3 is 2.89 bits per heavy atom. The third-order valence-electron chi connectivity index (χ3n) is 3.53. The van der Waals surface area contributed by atoms with E-state index in [-0.39, 0.29) is 6.04 Å². The number of aryl methyl sites for hydroxylation is 1. The summed E-state index contributed by atoms with van der Waals surface area (Å²) in [5.41, 5.74) is 6.98. The van der Waals surface area contributed by atoms with E-state index in [0.717, 1.165) is 24.2 Å². The molecule has 0 aliphatic heterocycles. The molecule has 2 heterocycles. The number of nitrogens with zero attached hydrogens (tertiary/aromatic N) is 4. The van der Waals surface area contributed by atoms with E-state index in [1.807, 2.05) is 13.2 Å². The van der Waals surface area contributed by atoms with Crippen LogP contribution in [0.4, 0.5) is 0 Å². The van der Waals surface area contributed by atoms with Gasteiger partial charge in [-0.1, -0.05) is 18.0 Å². The average molecular weight is 247 g/mol. The van der Waals surface area contributed by atoms with Crippen molar-refractivity contribution in [3.63, 3.8) is 0 Å². The van der Waals surface area contributed by atoms with Gasteiger partial charge in [-0.15, -0.1) is 0 Å². The molecule has 2 aromatic rings. The minimum absolute atomic E-state index is 0.388. The number of hydrogen-bond acceptors (Lipinski definition) is 5. The molecule has 18 heavy (non-hydrogen) atoms. The highest BCUT2D eigenvalue weighted by Crippen LogP contribution is 2.32. The van der Waals surface area contributed by atoms with Gasteiger partial charge in [-0.3, -0.25) is 4.68 Å². The maximum absolute atomic E-state index is 6.09. The fourth-order valence-electron chi connectivity index (χ4n) is 2.47. The van der Waals surface area contributed by atoms with Crippen molar-refractivity contribution < 1.29 is 4.52 Å². The number of aromatic nitrogens is 4. The van der Waals surface area contributed by atoms with Gasteiger partial charge < -0.3 is 10.3 Å². The molecule has 1 aliphatic rings. The zero-order valence-electron chi connectivity index (χ0n) is 10.4. The Kier molecular flexibility index (Phi) is 2.87. The minimum atomic E-state index is -0.388. The van der Waals surface area contributed by atoms with Crippen LogP contribution in [0, 0.1) is 0 Å². The first-order valence-corrected chi connectivity index (χ1v) is 6.31. The molecule has 2 N–H and O–H groups in total. The monoisotopic (exact) mass is 247 g/mol. The zero-order chi connectivity index (χ0) is 12.5. The molecular weight excluding hydrogens is 230 g/mol. The Balaban J connectivity index is 1.80. The van der Waals surface area contributed by atoms with Crippen molar-refractivity contribution in [1.82, 2.24) is 19.9 Å². The predicted octanol–water partition coefficient (Wildman–Crippen LogP) is 1.51. The molecule has 1 unspecified atom stereocenters. The Morgan fingerprint density at radius 2 is 2.22 bits per heavy atom. The van der Waals surface area contributed by atoms with Crippen LogP contribution in [0.5, 0.6) is 0 Å². The third kappa shape index (κ3) is 2.03. The van der Waals surface area contributed by atoms with Gasteiger partial charge in [0, 0.05) is 24.7 Å². The topological polar surface area (TPSA) is 82.8 Å². The highest BCUT2D eigenvalue weighted by Gasteiger charge is 2.24. The Hall–Kier alpha value is -1.69. The average Bonchev–Trinajstić information content (AvgIpc) is 3.09. The van der Waals surface area contributed by atoms with Crippen LogP contribution in [0.25, 0.3) is 0 Å². The Labute approximate surface area is 105 Å². The fourth-order valence-corrected chi connectivity index (χ4v) is 2.47. The predicted molar refractivity (Wildman–Crippen MR) is 64.7 cm³/mol. The van der Waals surface area contributed by atoms with Crippen molar-refractivity contribution in [2.75, 3.05) is 0 Å². The van der Waals surface area contributed by atoms with Crippen LogP contribution in [-0.4, -0.2) is 19.9 Å². The van der Waals surface area contributed by atoms with E-state index in [4.69, 9.17) is 10.3 Å². The molecule has 1 aliphatic carbocycles. The van der Waals surface area contributed by atoms with E-state index in [0.29, 0.717) is 11.8 Å². The second kappa shape index (κ2) is 4.53. The molecule has 1 fully saturated rings. The normalized spacial score (nSPS) is 18.3. The van der Waals surface area contributed by atoms with Crippen molar-refractivity contribution in [3.05, 3.63) is 29.7 Å². The first-order valence-electron chi connectivity index (χ1n) is 6.31. The van der Waals surface area contributed by atoms with Gasteiger partial charge in [0.15, 0.2) is 5.82 Å². The van der Waals surface area contributed by atoms with E-state index in [9.17, 15) is 0 Å². The minimum Gasteiger partial charge on any atom is -0.337 e. The highest BCUT2D eigenvalue weighted by atomic mass is 16.5. The molecule has 6 nitrogen and oxygen atoms in total. The molecular formula is C12H17N5O. The lowest BCUT2D eigenvalue weighted by molar-refractivity contribution is 0.359. The van der Waals surface area contributed by atoms with Crippen LogP contribution < -0.4 is 5.73 Å². The van der Waals surface area contributed by atoms with Crippen LogP contribution >= 0.6 is 0 Å². The van der Waals surface area contributed by atoms with Crippen LogP contribution in [0.15, 0.2) is 16.9 Å². The summed E-state index contributed by atoms with van der Waals surface area (Å²) in [5.74, 6) is 1.73. The van der Waals surface area contributed by atoms with E-state index >= 15 is 0 Å². The molecule has 0 spiro atoms. The van der Waals surface area contributed by atoms with Crippen molar-refractivity contribution in [1.29, 1.82) is 0 Å². The quantitative estimate of drug-likeness (QED) is 0.888. The molecule has 3 rings (SSSR count). The molecule has 0 bridgehead atoms. The first-order chi connectivity index (χ1) is 8.74. The van der Waals surface area contributed by atoms with Gasteiger partial charge in [0.1, 0.15) is 6.04 Å². The summed E-state index contributed by atoms with van der Waals surface area (Å²) in [4.78, 5) is 4.44. The van der Waals surface area contributed by atoms with Crippen molar-refractivity contribution in [2.45, 2.75) is 37.6 Å². The molecule has 1 saturated carbocycles. The number of hydrogen-bond donors (Lipinski definition) is 1.